The average Bonchev–Trinajstić information content (AvgIpc) is 3.49. The summed E-state index contributed by atoms with van der Waals surface area (Å²) in [4.78, 5) is 6.81. The molecule has 1 aliphatic heterocycles. The molecule has 0 saturated carbocycles. The Morgan fingerprint density at radius 2 is 2.04 bits per heavy atom. The molecule has 1 saturated heterocycles. The first kappa shape index (κ1) is 20.5. The molecule has 3 rings (SSSR count). The van der Waals surface area contributed by atoms with Crippen LogP contribution in [0.5, 0.6) is 0 Å². The molecular weight excluding hydrogens is 354 g/mol. The van der Waals surface area contributed by atoms with Gasteiger partial charge in [-0.1, -0.05) is 19.0 Å². The minimum absolute atomic E-state index is 0.211. The number of guanidine groups is 1. The maximum Gasteiger partial charge on any atom is 0.191 e. The van der Waals surface area contributed by atoms with Gasteiger partial charge in [0.05, 0.1) is 24.5 Å². The lowest BCUT2D eigenvalue weighted by Crippen LogP contribution is -2.42. The summed E-state index contributed by atoms with van der Waals surface area (Å²) in [6.07, 6.45) is 6.38. The third-order valence-electron chi connectivity index (χ3n) is 5.55. The minimum Gasteiger partial charge on any atom is -0.468 e. The lowest BCUT2D eigenvalue weighted by atomic mass is 9.99. The molecule has 0 aliphatic carbocycles. The number of nitrogens with zero attached hydrogens (tertiary/aromatic N) is 3. The summed E-state index contributed by atoms with van der Waals surface area (Å²) in [5.74, 6) is 3.03. The lowest BCUT2D eigenvalue weighted by Gasteiger charge is -2.26. The molecular formula is C21H33N5O2. The van der Waals surface area contributed by atoms with Crippen LogP contribution in [0.2, 0.25) is 0 Å². The van der Waals surface area contributed by atoms with Crippen molar-refractivity contribution in [1.82, 2.24) is 20.7 Å². The second kappa shape index (κ2) is 10.3. The second-order valence-corrected chi connectivity index (χ2v) is 7.31. The predicted molar refractivity (Wildman–Crippen MR) is 110 cm³/mol. The number of hydrogen-bond donors (Lipinski definition) is 2. The van der Waals surface area contributed by atoms with Crippen LogP contribution in [0.3, 0.4) is 0 Å². The number of furan rings is 1. The normalized spacial score (nSPS) is 16.6. The molecule has 0 bridgehead atoms. The van der Waals surface area contributed by atoms with Crippen molar-refractivity contribution in [3.63, 3.8) is 0 Å². The molecule has 0 aromatic carbocycles. The predicted octanol–water partition coefficient (Wildman–Crippen LogP) is 3.67. The molecule has 1 unspecified atom stereocenters. The van der Waals surface area contributed by atoms with Gasteiger partial charge in [0, 0.05) is 25.6 Å². The van der Waals surface area contributed by atoms with Crippen LogP contribution >= 0.6 is 0 Å². The van der Waals surface area contributed by atoms with Gasteiger partial charge in [0.15, 0.2) is 11.7 Å². The van der Waals surface area contributed by atoms with E-state index in [4.69, 9.17) is 8.94 Å². The SMILES string of the molecule is CCC(CC)c1cc(CNC(=NC)NCC(c2ccco2)N2CCCC2)on1. The number of rotatable bonds is 9. The van der Waals surface area contributed by atoms with E-state index in [2.05, 4.69) is 45.6 Å². The van der Waals surface area contributed by atoms with Crippen molar-refractivity contribution in [1.29, 1.82) is 0 Å². The van der Waals surface area contributed by atoms with E-state index in [1.807, 2.05) is 12.1 Å². The van der Waals surface area contributed by atoms with Crippen molar-refractivity contribution in [2.24, 2.45) is 4.99 Å². The van der Waals surface area contributed by atoms with Crippen LogP contribution in [-0.2, 0) is 6.54 Å². The highest BCUT2D eigenvalue weighted by Gasteiger charge is 2.25. The van der Waals surface area contributed by atoms with Crippen molar-refractivity contribution >= 4 is 5.96 Å². The van der Waals surface area contributed by atoms with Crippen LogP contribution < -0.4 is 10.6 Å². The zero-order chi connectivity index (χ0) is 19.8. The fourth-order valence-corrected chi connectivity index (χ4v) is 3.84. The Balaban J connectivity index is 1.54. The second-order valence-electron chi connectivity index (χ2n) is 7.31. The number of aromatic nitrogens is 1. The molecule has 2 aromatic heterocycles. The molecule has 154 valence electrons. The van der Waals surface area contributed by atoms with Gasteiger partial charge in [-0.2, -0.15) is 0 Å². The summed E-state index contributed by atoms with van der Waals surface area (Å²) in [5.41, 5.74) is 1.04. The molecule has 1 atom stereocenters. The van der Waals surface area contributed by atoms with Crippen molar-refractivity contribution in [2.45, 2.75) is 58.0 Å². The molecule has 0 spiro atoms. The Morgan fingerprint density at radius 3 is 2.68 bits per heavy atom. The molecule has 1 aliphatic rings. The third-order valence-corrected chi connectivity index (χ3v) is 5.55. The Hall–Kier alpha value is -2.28. The smallest absolute Gasteiger partial charge is 0.191 e. The first-order chi connectivity index (χ1) is 13.7. The van der Waals surface area contributed by atoms with E-state index in [9.17, 15) is 0 Å². The number of hydrogen-bond acceptors (Lipinski definition) is 5. The molecule has 3 heterocycles. The van der Waals surface area contributed by atoms with Gasteiger partial charge in [-0.05, 0) is 50.9 Å². The van der Waals surface area contributed by atoms with Gasteiger partial charge >= 0.3 is 0 Å². The summed E-state index contributed by atoms with van der Waals surface area (Å²) in [7, 11) is 1.78. The lowest BCUT2D eigenvalue weighted by molar-refractivity contribution is 0.215. The van der Waals surface area contributed by atoms with E-state index in [1.165, 1.54) is 12.8 Å². The van der Waals surface area contributed by atoms with Gasteiger partial charge in [0.25, 0.3) is 0 Å². The van der Waals surface area contributed by atoms with Crippen molar-refractivity contribution in [2.75, 3.05) is 26.7 Å². The monoisotopic (exact) mass is 387 g/mol. The maximum atomic E-state index is 5.68. The van der Waals surface area contributed by atoms with Crippen LogP contribution in [0.4, 0.5) is 0 Å². The van der Waals surface area contributed by atoms with E-state index < -0.39 is 0 Å². The van der Waals surface area contributed by atoms with Crippen molar-refractivity contribution in [3.05, 3.63) is 41.7 Å². The Bertz CT molecular complexity index is 715. The summed E-state index contributed by atoms with van der Waals surface area (Å²) >= 11 is 0. The number of nitrogens with one attached hydrogen (secondary N) is 2. The van der Waals surface area contributed by atoms with Crippen molar-refractivity contribution < 1.29 is 8.94 Å². The Labute approximate surface area is 167 Å². The van der Waals surface area contributed by atoms with Crippen LogP contribution in [0.1, 0.15) is 68.7 Å². The highest BCUT2D eigenvalue weighted by Crippen LogP contribution is 2.25. The standard InChI is InChI=1S/C21H33N5O2/c1-4-16(5-2)18-13-17(28-25-18)14-23-21(22-3)24-15-19(20-9-8-12-27-20)26-10-6-7-11-26/h8-9,12-13,16,19H,4-7,10-11,14-15H2,1-3H3,(H2,22,23,24). The highest BCUT2D eigenvalue weighted by molar-refractivity contribution is 5.79. The minimum atomic E-state index is 0.211. The van der Waals surface area contributed by atoms with E-state index in [1.54, 1.807) is 13.3 Å². The fraction of sp³-hybridized carbons (Fsp3) is 0.619. The summed E-state index contributed by atoms with van der Waals surface area (Å²) in [6.45, 7) is 7.88. The summed E-state index contributed by atoms with van der Waals surface area (Å²) < 4.78 is 11.2. The average molecular weight is 388 g/mol. The van der Waals surface area contributed by atoms with Crippen LogP contribution in [-0.4, -0.2) is 42.7 Å². The van der Waals surface area contributed by atoms with Crippen molar-refractivity contribution in [3.8, 4) is 0 Å². The molecule has 7 heteroatoms. The topological polar surface area (TPSA) is 78.8 Å². The maximum absolute atomic E-state index is 5.68. The van der Waals surface area contributed by atoms with Gasteiger partial charge in [-0.3, -0.25) is 9.89 Å². The van der Waals surface area contributed by atoms with E-state index >= 15 is 0 Å². The fourth-order valence-electron chi connectivity index (χ4n) is 3.84. The summed E-state index contributed by atoms with van der Waals surface area (Å²) in [5, 5.41) is 11.0. The zero-order valence-corrected chi connectivity index (χ0v) is 17.3. The van der Waals surface area contributed by atoms with Gasteiger partial charge in [0.1, 0.15) is 5.76 Å². The molecule has 1 fully saturated rings. The van der Waals surface area contributed by atoms with Crippen LogP contribution in [0.15, 0.2) is 38.4 Å². The molecule has 0 radical (unpaired) electrons. The number of aliphatic imine (C=N–C) groups is 1. The zero-order valence-electron chi connectivity index (χ0n) is 17.3. The Morgan fingerprint density at radius 1 is 1.25 bits per heavy atom. The van der Waals surface area contributed by atoms with Gasteiger partial charge in [-0.15, -0.1) is 0 Å². The third kappa shape index (κ3) is 5.16. The largest absolute Gasteiger partial charge is 0.468 e. The molecule has 7 nitrogen and oxygen atoms in total. The molecule has 0 amide bonds. The van der Waals surface area contributed by atoms with Crippen LogP contribution in [0, 0.1) is 0 Å². The van der Waals surface area contributed by atoms with Gasteiger partial charge in [0.2, 0.25) is 0 Å². The first-order valence-corrected chi connectivity index (χ1v) is 10.4. The summed E-state index contributed by atoms with van der Waals surface area (Å²) in [6, 6.07) is 6.26. The van der Waals surface area contributed by atoms with E-state index in [0.717, 1.165) is 55.6 Å². The van der Waals surface area contributed by atoms with Crippen LogP contribution in [0.25, 0.3) is 0 Å². The highest BCUT2D eigenvalue weighted by atomic mass is 16.5. The molecule has 2 N–H and O–H groups in total. The molecule has 28 heavy (non-hydrogen) atoms. The van der Waals surface area contributed by atoms with E-state index in [-0.39, 0.29) is 6.04 Å². The number of likely N-dealkylation sites (tertiary alicyclic amines) is 1. The molecule has 2 aromatic rings. The van der Waals surface area contributed by atoms with Gasteiger partial charge < -0.3 is 19.6 Å². The van der Waals surface area contributed by atoms with E-state index in [0.29, 0.717) is 12.5 Å². The quantitative estimate of drug-likeness (QED) is 0.505. The van der Waals surface area contributed by atoms with Gasteiger partial charge in [-0.25, -0.2) is 0 Å². The Kier molecular flexibility index (Phi) is 7.54. The first-order valence-electron chi connectivity index (χ1n) is 10.4.